The number of rotatable bonds is 6. The van der Waals surface area contributed by atoms with Crippen molar-refractivity contribution in [2.75, 3.05) is 0 Å². The minimum Gasteiger partial charge on any atom is -0.493 e. The van der Waals surface area contributed by atoms with Crippen LogP contribution in [-0.4, -0.2) is 28.9 Å². The molecule has 3 aromatic rings. The summed E-state index contributed by atoms with van der Waals surface area (Å²) in [5.41, 5.74) is -0.115. The molecule has 0 saturated carbocycles. The predicted molar refractivity (Wildman–Crippen MR) is 115 cm³/mol. The molecule has 1 aromatic heterocycles. The van der Waals surface area contributed by atoms with Crippen LogP contribution >= 0.6 is 11.3 Å². The van der Waals surface area contributed by atoms with Crippen LogP contribution in [0.2, 0.25) is 0 Å². The van der Waals surface area contributed by atoms with Crippen molar-refractivity contribution in [1.82, 2.24) is 4.57 Å². The molecule has 0 saturated heterocycles. The van der Waals surface area contributed by atoms with Crippen LogP contribution in [0.5, 0.6) is 5.88 Å². The van der Waals surface area contributed by atoms with Gasteiger partial charge in [0.15, 0.2) is 0 Å². The topological polar surface area (TPSA) is 144 Å². The van der Waals surface area contributed by atoms with E-state index < -0.39 is 20.9 Å². The van der Waals surface area contributed by atoms with Crippen LogP contribution in [0.15, 0.2) is 75.5 Å². The molecule has 1 amide bonds. The van der Waals surface area contributed by atoms with Crippen LogP contribution in [0, 0.1) is 10.1 Å². The first kappa shape index (κ1) is 21.3. The Hall–Kier alpha value is -3.90. The number of allylic oxidation sites excluding steroid dienone is 1. The third-order valence-electron chi connectivity index (χ3n) is 4.57. The normalized spacial score (nSPS) is 13.7. The Morgan fingerprint density at radius 3 is 2.56 bits per heavy atom. The number of nitro benzene ring substituents is 1. The molecule has 1 aliphatic rings. The average Bonchev–Trinajstić information content (AvgIpc) is 3.24. The number of para-hydroxylation sites is 1. The van der Waals surface area contributed by atoms with Crippen LogP contribution < -0.4 is 15.4 Å². The Morgan fingerprint density at radius 2 is 1.91 bits per heavy atom. The van der Waals surface area contributed by atoms with Crippen molar-refractivity contribution in [2.45, 2.75) is 11.4 Å². The highest BCUT2D eigenvalue weighted by Gasteiger charge is 2.26. The lowest BCUT2D eigenvalue weighted by Crippen LogP contribution is -2.22. The van der Waals surface area contributed by atoms with Gasteiger partial charge < -0.3 is 5.11 Å². The Bertz CT molecular complexity index is 1580. The number of hydrogen-bond acceptors (Lipinski definition) is 7. The summed E-state index contributed by atoms with van der Waals surface area (Å²) in [7, 11) is -4.27. The highest BCUT2D eigenvalue weighted by atomic mass is 32.2. The second kappa shape index (κ2) is 7.98. The number of fused-ring (bicyclic) bond motifs is 1. The van der Waals surface area contributed by atoms with E-state index in [0.29, 0.717) is 10.6 Å². The summed E-state index contributed by atoms with van der Waals surface area (Å²) >= 11 is 0.814. The van der Waals surface area contributed by atoms with Crippen molar-refractivity contribution in [2.24, 2.45) is 9.39 Å². The number of carbonyl (C=O) groups excluding carboxylic acids is 1. The molecule has 1 aliphatic heterocycles. The van der Waals surface area contributed by atoms with E-state index in [1.54, 1.807) is 24.3 Å². The molecule has 0 radical (unpaired) electrons. The van der Waals surface area contributed by atoms with E-state index in [1.807, 2.05) is 0 Å². The molecular formula is C20H14N4O6S2. The molecule has 162 valence electrons. The average molecular weight is 470 g/mol. The third kappa shape index (κ3) is 3.65. The molecule has 0 unspecified atom stereocenters. The number of nitro groups is 1. The first-order valence-corrected chi connectivity index (χ1v) is 11.3. The minimum absolute atomic E-state index is 0.0250. The summed E-state index contributed by atoms with van der Waals surface area (Å²) in [6, 6.07) is 11.1. The molecule has 2 aromatic carbocycles. The van der Waals surface area contributed by atoms with E-state index in [2.05, 4.69) is 16.0 Å². The molecule has 1 N–H and O–H groups in total. The zero-order chi connectivity index (χ0) is 23.0. The minimum atomic E-state index is -4.27. The Balaban J connectivity index is 1.92. The van der Waals surface area contributed by atoms with Crippen LogP contribution in [0.25, 0.3) is 5.57 Å². The summed E-state index contributed by atoms with van der Waals surface area (Å²) in [6.45, 7) is 3.63. The van der Waals surface area contributed by atoms with Gasteiger partial charge in [0.2, 0.25) is 10.7 Å². The van der Waals surface area contributed by atoms with Gasteiger partial charge in [0.25, 0.3) is 21.6 Å². The van der Waals surface area contributed by atoms with Crippen molar-refractivity contribution >= 4 is 38.5 Å². The molecule has 0 aliphatic carbocycles. The fourth-order valence-electron chi connectivity index (χ4n) is 3.11. The van der Waals surface area contributed by atoms with E-state index in [9.17, 15) is 28.4 Å². The van der Waals surface area contributed by atoms with E-state index in [0.717, 1.165) is 35.6 Å². The van der Waals surface area contributed by atoms with Crippen LogP contribution in [0.3, 0.4) is 0 Å². The Kier molecular flexibility index (Phi) is 5.32. The predicted octanol–water partition coefficient (Wildman–Crippen LogP) is 0.998. The summed E-state index contributed by atoms with van der Waals surface area (Å²) < 4.78 is 30.6. The fraction of sp³-hybridized carbons (Fsp3) is 0.0500. The monoisotopic (exact) mass is 470 g/mol. The van der Waals surface area contributed by atoms with Crippen molar-refractivity contribution in [3.8, 4) is 5.88 Å². The summed E-state index contributed by atoms with van der Waals surface area (Å²) in [5, 5.41) is 22.6. The number of aromatic hydroxyl groups is 1. The van der Waals surface area contributed by atoms with Gasteiger partial charge in [-0.2, -0.15) is 8.42 Å². The second-order valence-electron chi connectivity index (χ2n) is 6.56. The van der Waals surface area contributed by atoms with Gasteiger partial charge in [0.1, 0.15) is 4.88 Å². The summed E-state index contributed by atoms with van der Waals surface area (Å²) in [4.78, 5) is 26.4. The number of hydrogen-bond donors (Lipinski definition) is 1. The van der Waals surface area contributed by atoms with Crippen LogP contribution in [0.4, 0.5) is 5.69 Å². The molecule has 0 atom stereocenters. The van der Waals surface area contributed by atoms with Gasteiger partial charge in [0.05, 0.1) is 20.7 Å². The molecular weight excluding hydrogens is 456 g/mol. The van der Waals surface area contributed by atoms with Gasteiger partial charge >= 0.3 is 0 Å². The highest BCUT2D eigenvalue weighted by Crippen LogP contribution is 2.29. The molecule has 0 fully saturated rings. The van der Waals surface area contributed by atoms with Gasteiger partial charge in [-0.25, -0.2) is 4.99 Å². The number of non-ortho nitro benzene ring substituents is 1. The molecule has 10 nitrogen and oxygen atoms in total. The third-order valence-corrected chi connectivity index (χ3v) is 7.06. The van der Waals surface area contributed by atoms with Gasteiger partial charge in [-0.1, -0.05) is 35.6 Å². The maximum absolute atomic E-state index is 12.8. The van der Waals surface area contributed by atoms with E-state index in [4.69, 9.17) is 0 Å². The maximum atomic E-state index is 12.8. The first-order valence-electron chi connectivity index (χ1n) is 9.04. The lowest BCUT2D eigenvalue weighted by Gasteiger charge is -2.02. The van der Waals surface area contributed by atoms with Crippen LogP contribution in [-0.2, 0) is 21.4 Å². The van der Waals surface area contributed by atoms with Crippen molar-refractivity contribution in [1.29, 1.82) is 0 Å². The van der Waals surface area contributed by atoms with Crippen molar-refractivity contribution < 1.29 is 23.2 Å². The van der Waals surface area contributed by atoms with Gasteiger partial charge in [-0.15, -0.1) is 11.0 Å². The molecule has 0 spiro atoms. The Morgan fingerprint density at radius 1 is 1.22 bits per heavy atom. The lowest BCUT2D eigenvalue weighted by molar-refractivity contribution is -0.384. The summed E-state index contributed by atoms with van der Waals surface area (Å²) in [6.07, 6.45) is 1.44. The number of carbonyl (C=O) groups is 1. The lowest BCUT2D eigenvalue weighted by atomic mass is 10.1. The molecule has 4 rings (SSSR count). The molecule has 2 heterocycles. The SMILES string of the molecule is C=CCn1c(O)c(C2=c3ccccc3=NC2=O)sc1=NS(=O)(=O)c1ccc([N+](=O)[O-])cc1. The quantitative estimate of drug-likeness (QED) is 0.323. The van der Waals surface area contributed by atoms with Crippen LogP contribution in [0.1, 0.15) is 4.88 Å². The Labute approximate surface area is 184 Å². The number of aromatic nitrogens is 1. The van der Waals surface area contributed by atoms with Gasteiger partial charge in [-0.05, 0) is 18.2 Å². The highest BCUT2D eigenvalue weighted by molar-refractivity contribution is 7.90. The standard InChI is InChI=1S/C20H14N4O6S2/c1-2-11-23-19(26)17(16-14-5-3-4-6-15(14)21-18(16)25)31-20(23)22-32(29,30)13-9-7-12(8-10-13)24(27)28/h2-10,26H,1,11H2. The largest absolute Gasteiger partial charge is 0.493 e. The van der Waals surface area contributed by atoms with E-state index in [-0.39, 0.29) is 38.3 Å². The maximum Gasteiger partial charge on any atom is 0.285 e. The number of nitrogens with zero attached hydrogens (tertiary/aromatic N) is 4. The molecule has 32 heavy (non-hydrogen) atoms. The smallest absolute Gasteiger partial charge is 0.285 e. The van der Waals surface area contributed by atoms with Gasteiger partial charge in [0, 0.05) is 23.9 Å². The van der Waals surface area contributed by atoms with E-state index >= 15 is 0 Å². The van der Waals surface area contributed by atoms with E-state index in [1.165, 1.54) is 10.6 Å². The number of thiazole rings is 1. The number of benzene rings is 2. The number of amides is 1. The first-order chi connectivity index (χ1) is 15.2. The zero-order valence-electron chi connectivity index (χ0n) is 16.2. The number of sulfonamides is 1. The van der Waals surface area contributed by atoms with Gasteiger partial charge in [-0.3, -0.25) is 19.5 Å². The molecule has 12 heteroatoms. The molecule has 0 bridgehead atoms. The second-order valence-corrected chi connectivity index (χ2v) is 9.14. The zero-order valence-corrected chi connectivity index (χ0v) is 17.8. The fourth-order valence-corrected chi connectivity index (χ4v) is 5.40. The van der Waals surface area contributed by atoms with Crippen molar-refractivity contribution in [3.63, 3.8) is 0 Å². The van der Waals surface area contributed by atoms with Crippen molar-refractivity contribution in [3.05, 3.63) is 91.6 Å². The summed E-state index contributed by atoms with van der Waals surface area (Å²) in [5.74, 6) is -0.902.